The molecule has 21 heavy (non-hydrogen) atoms. The lowest BCUT2D eigenvalue weighted by atomic mass is 9.96. The molecule has 5 heteroatoms. The topological polar surface area (TPSA) is 76.3 Å². The van der Waals surface area contributed by atoms with Gasteiger partial charge in [-0.3, -0.25) is 19.6 Å². The normalized spacial score (nSPS) is 15.8. The molecule has 0 saturated heterocycles. The molecule has 0 unspecified atom stereocenters. The summed E-state index contributed by atoms with van der Waals surface area (Å²) >= 11 is 0. The van der Waals surface area contributed by atoms with E-state index >= 15 is 0 Å². The maximum Gasteiger partial charge on any atom is 0.272 e. The first-order chi connectivity index (χ1) is 10.1. The summed E-state index contributed by atoms with van der Waals surface area (Å²) < 4.78 is 0. The average molecular weight is 281 g/mol. The van der Waals surface area contributed by atoms with Crippen molar-refractivity contribution < 1.29 is 9.59 Å². The van der Waals surface area contributed by atoms with Gasteiger partial charge in [-0.2, -0.15) is 0 Å². The summed E-state index contributed by atoms with van der Waals surface area (Å²) in [6, 6.07) is 3.12. The number of hydrogen-bond donors (Lipinski definition) is 1. The van der Waals surface area contributed by atoms with E-state index in [9.17, 15) is 9.59 Å². The highest BCUT2D eigenvalue weighted by Gasteiger charge is 2.17. The van der Waals surface area contributed by atoms with Crippen LogP contribution in [0.2, 0.25) is 0 Å². The smallest absolute Gasteiger partial charge is 0.272 e. The minimum Gasteiger partial charge on any atom is -0.289 e. The van der Waals surface area contributed by atoms with Crippen LogP contribution in [0.1, 0.15) is 16.8 Å². The Kier molecular flexibility index (Phi) is 4.58. The van der Waals surface area contributed by atoms with Crippen LogP contribution in [-0.2, 0) is 4.79 Å². The molecule has 0 atom stereocenters. The zero-order valence-corrected chi connectivity index (χ0v) is 11.4. The van der Waals surface area contributed by atoms with Crippen LogP contribution in [0.15, 0.2) is 72.8 Å². The number of rotatable bonds is 4. The highest BCUT2D eigenvalue weighted by Crippen LogP contribution is 2.17. The number of hydrogen-bond acceptors (Lipinski definition) is 4. The second kappa shape index (κ2) is 6.58. The van der Waals surface area contributed by atoms with Crippen molar-refractivity contribution in [3.8, 4) is 0 Å². The molecule has 1 aromatic rings. The predicted octanol–water partition coefficient (Wildman–Crippen LogP) is 1.92. The Labute approximate surface area is 122 Å². The predicted molar refractivity (Wildman–Crippen MR) is 79.7 cm³/mol. The van der Waals surface area contributed by atoms with Gasteiger partial charge in [-0.25, -0.2) is 5.84 Å². The number of carbonyl (C=O) groups excluding carboxylic acids is 2. The molecule has 2 N–H and O–H groups in total. The van der Waals surface area contributed by atoms with Crippen LogP contribution in [0, 0.1) is 0 Å². The first kappa shape index (κ1) is 14.6. The summed E-state index contributed by atoms with van der Waals surface area (Å²) in [4.78, 5) is 28.1. The maximum atomic E-state index is 12.2. The highest BCUT2D eigenvalue weighted by atomic mass is 16.2. The summed E-state index contributed by atoms with van der Waals surface area (Å²) in [5.74, 6) is 5.15. The Morgan fingerprint density at radius 1 is 1.38 bits per heavy atom. The van der Waals surface area contributed by atoms with Crippen molar-refractivity contribution in [2.75, 3.05) is 0 Å². The van der Waals surface area contributed by atoms with E-state index in [4.69, 9.17) is 5.84 Å². The molecule has 0 radical (unpaired) electrons. The number of nitrogens with zero attached hydrogens (tertiary/aromatic N) is 2. The number of ketones is 1. The molecule has 0 aliphatic heterocycles. The van der Waals surface area contributed by atoms with Gasteiger partial charge in [-0.1, -0.05) is 18.2 Å². The molecule has 106 valence electrons. The molecule has 0 fully saturated rings. The van der Waals surface area contributed by atoms with Crippen molar-refractivity contribution in [2.45, 2.75) is 6.42 Å². The molecule has 0 bridgehead atoms. The van der Waals surface area contributed by atoms with E-state index < -0.39 is 5.91 Å². The lowest BCUT2D eigenvalue weighted by Gasteiger charge is -2.15. The SMILES string of the molecule is C=CCC1=CC=CC(=CN(N)C(=O)c2ccncc2)C1=O. The molecule has 1 heterocycles. The summed E-state index contributed by atoms with van der Waals surface area (Å²) in [6.07, 6.45) is 11.6. The van der Waals surface area contributed by atoms with Gasteiger partial charge >= 0.3 is 0 Å². The van der Waals surface area contributed by atoms with E-state index in [1.807, 2.05) is 0 Å². The molecular formula is C16H15N3O2. The Morgan fingerprint density at radius 2 is 2.10 bits per heavy atom. The minimum atomic E-state index is -0.411. The Bertz CT molecular complexity index is 657. The second-order valence-electron chi connectivity index (χ2n) is 4.41. The van der Waals surface area contributed by atoms with Crippen LogP contribution in [0.25, 0.3) is 0 Å². The maximum absolute atomic E-state index is 12.2. The van der Waals surface area contributed by atoms with Crippen molar-refractivity contribution in [2.24, 2.45) is 5.84 Å². The molecule has 1 aliphatic carbocycles. The molecule has 1 amide bonds. The summed E-state index contributed by atoms with van der Waals surface area (Å²) in [7, 11) is 0. The van der Waals surface area contributed by atoms with Crippen LogP contribution in [0.4, 0.5) is 0 Å². The van der Waals surface area contributed by atoms with Crippen molar-refractivity contribution in [3.63, 3.8) is 0 Å². The van der Waals surface area contributed by atoms with Gasteiger partial charge in [0.2, 0.25) is 0 Å². The molecule has 5 nitrogen and oxygen atoms in total. The second-order valence-corrected chi connectivity index (χ2v) is 4.41. The van der Waals surface area contributed by atoms with Crippen LogP contribution < -0.4 is 5.84 Å². The number of pyridine rings is 1. The monoisotopic (exact) mass is 281 g/mol. The fourth-order valence-electron chi connectivity index (χ4n) is 1.87. The summed E-state index contributed by atoms with van der Waals surface area (Å²) in [6.45, 7) is 3.61. The van der Waals surface area contributed by atoms with Gasteiger partial charge in [0, 0.05) is 35.3 Å². The number of nitrogens with two attached hydrogens (primary N) is 1. The van der Waals surface area contributed by atoms with Crippen LogP contribution >= 0.6 is 0 Å². The van der Waals surface area contributed by atoms with Crippen LogP contribution in [0.3, 0.4) is 0 Å². The Balaban J connectivity index is 2.18. The van der Waals surface area contributed by atoms with Gasteiger partial charge in [-0.15, -0.1) is 6.58 Å². The quantitative estimate of drug-likeness (QED) is 0.301. The number of allylic oxidation sites excluding steroid dienone is 6. The van der Waals surface area contributed by atoms with E-state index in [-0.39, 0.29) is 5.78 Å². The van der Waals surface area contributed by atoms with E-state index in [2.05, 4.69) is 11.6 Å². The van der Waals surface area contributed by atoms with Gasteiger partial charge in [0.25, 0.3) is 5.91 Å². The molecule has 1 aliphatic rings. The summed E-state index contributed by atoms with van der Waals surface area (Å²) in [5, 5.41) is 0.907. The number of Topliss-reactive ketones (excluding diaryl/α,β-unsaturated/α-hetero) is 1. The van der Waals surface area contributed by atoms with E-state index in [0.29, 0.717) is 23.1 Å². The van der Waals surface area contributed by atoms with Gasteiger partial charge in [0.05, 0.1) is 0 Å². The largest absolute Gasteiger partial charge is 0.289 e. The number of carbonyl (C=O) groups is 2. The fraction of sp³-hybridized carbons (Fsp3) is 0.0625. The third-order valence-electron chi connectivity index (χ3n) is 2.93. The number of aromatic nitrogens is 1. The van der Waals surface area contributed by atoms with E-state index in [1.54, 1.807) is 36.4 Å². The zero-order valence-electron chi connectivity index (χ0n) is 11.4. The Hall–Kier alpha value is -2.79. The molecular weight excluding hydrogens is 266 g/mol. The third kappa shape index (κ3) is 3.40. The molecule has 0 spiro atoms. The first-order valence-electron chi connectivity index (χ1n) is 6.36. The molecule has 0 saturated carbocycles. The highest BCUT2D eigenvalue weighted by molar-refractivity contribution is 6.11. The van der Waals surface area contributed by atoms with Crippen LogP contribution in [0.5, 0.6) is 0 Å². The lowest BCUT2D eigenvalue weighted by molar-refractivity contribution is -0.112. The van der Waals surface area contributed by atoms with Gasteiger partial charge in [0.15, 0.2) is 5.78 Å². The molecule has 0 aromatic carbocycles. The minimum absolute atomic E-state index is 0.157. The van der Waals surface area contributed by atoms with Crippen LogP contribution in [-0.4, -0.2) is 21.7 Å². The van der Waals surface area contributed by atoms with Gasteiger partial charge in [0.1, 0.15) is 0 Å². The number of hydrazine groups is 1. The van der Waals surface area contributed by atoms with Crippen molar-refractivity contribution in [1.82, 2.24) is 9.99 Å². The van der Waals surface area contributed by atoms with Gasteiger partial charge in [-0.05, 0) is 24.6 Å². The average Bonchev–Trinajstić information content (AvgIpc) is 2.51. The standard InChI is InChI=1S/C16H15N3O2/c1-2-4-12-5-3-6-14(15(12)20)11-19(17)16(21)13-7-9-18-10-8-13/h2-3,5-11H,1,4,17H2. The van der Waals surface area contributed by atoms with Crippen molar-refractivity contribution in [3.05, 3.63) is 78.3 Å². The molecule has 2 rings (SSSR count). The zero-order chi connectivity index (χ0) is 15.2. The number of amides is 1. The lowest BCUT2D eigenvalue weighted by Crippen LogP contribution is -2.33. The van der Waals surface area contributed by atoms with Crippen molar-refractivity contribution >= 4 is 11.7 Å². The van der Waals surface area contributed by atoms with Gasteiger partial charge < -0.3 is 0 Å². The molecule has 1 aromatic heterocycles. The summed E-state index contributed by atoms with van der Waals surface area (Å²) in [5.41, 5.74) is 1.38. The third-order valence-corrected chi connectivity index (χ3v) is 2.93. The van der Waals surface area contributed by atoms with Crippen molar-refractivity contribution in [1.29, 1.82) is 0 Å². The van der Waals surface area contributed by atoms with E-state index in [1.165, 1.54) is 18.6 Å². The fourth-order valence-corrected chi connectivity index (χ4v) is 1.87. The Morgan fingerprint density at radius 3 is 2.76 bits per heavy atom. The first-order valence-corrected chi connectivity index (χ1v) is 6.36. The van der Waals surface area contributed by atoms with E-state index in [0.717, 1.165) is 5.01 Å².